The summed E-state index contributed by atoms with van der Waals surface area (Å²) < 4.78 is 0. The van der Waals surface area contributed by atoms with Crippen molar-refractivity contribution in [3.05, 3.63) is 30.3 Å². The van der Waals surface area contributed by atoms with Crippen molar-refractivity contribution >= 4 is 29.6 Å². The number of hydrogen-bond acceptors (Lipinski definition) is 9. The molecule has 0 aromatic carbocycles. The minimum atomic E-state index is -1.55. The average molecular weight is 251 g/mol. The van der Waals surface area contributed by atoms with Crippen molar-refractivity contribution in [1.29, 1.82) is 0 Å². The predicted octanol–water partition coefficient (Wildman–Crippen LogP) is -1.67. The Morgan fingerprint density at radius 3 is 1.50 bits per heavy atom. The van der Waals surface area contributed by atoms with Crippen molar-refractivity contribution in [1.82, 2.24) is 0 Å². The molecule has 0 bridgehead atoms. The summed E-state index contributed by atoms with van der Waals surface area (Å²) in [5, 5.41) is 25.5. The van der Waals surface area contributed by atoms with Crippen LogP contribution in [0.25, 0.3) is 0 Å². The SMILES string of the molecule is O=[N+]([O-])OCC(CO[N+](=O)[O-])O[N+](=O)[O-].[NaH]. The third kappa shape index (κ3) is 10.7. The van der Waals surface area contributed by atoms with Gasteiger partial charge in [0.2, 0.25) is 0 Å². The van der Waals surface area contributed by atoms with E-state index in [0.29, 0.717) is 0 Å². The molecule has 0 N–H and O–H groups in total. The third-order valence-corrected chi connectivity index (χ3v) is 0.967. The van der Waals surface area contributed by atoms with Crippen LogP contribution in [0.5, 0.6) is 0 Å². The average Bonchev–Trinajstić information content (AvgIpc) is 2.08. The van der Waals surface area contributed by atoms with Gasteiger partial charge in [-0.3, -0.25) is 0 Å². The Bertz CT molecular complexity index is 240. The fraction of sp³-hybridized carbons (Fsp3) is 1.00. The van der Waals surface area contributed by atoms with Gasteiger partial charge in [0.1, 0.15) is 13.2 Å². The molecule has 0 atom stereocenters. The number of rotatable bonds is 8. The Kier molecular flexibility index (Phi) is 9.43. The quantitative estimate of drug-likeness (QED) is 0.279. The summed E-state index contributed by atoms with van der Waals surface area (Å²) in [4.78, 5) is 40.5. The maximum absolute atomic E-state index is 9.83. The van der Waals surface area contributed by atoms with Crippen molar-refractivity contribution in [3.8, 4) is 0 Å². The first-order valence-electron chi connectivity index (χ1n) is 3.27. The molecular weight excluding hydrogens is 245 g/mol. The van der Waals surface area contributed by atoms with E-state index in [1.807, 2.05) is 0 Å². The minimum absolute atomic E-state index is 0. The molecule has 0 aromatic heterocycles. The van der Waals surface area contributed by atoms with E-state index in [9.17, 15) is 30.3 Å². The first kappa shape index (κ1) is 17.0. The third-order valence-electron chi connectivity index (χ3n) is 0.967. The monoisotopic (exact) mass is 251 g/mol. The van der Waals surface area contributed by atoms with Crippen LogP contribution in [-0.4, -0.2) is 64.1 Å². The van der Waals surface area contributed by atoms with Gasteiger partial charge in [-0.15, -0.1) is 30.3 Å². The Labute approximate surface area is 109 Å². The van der Waals surface area contributed by atoms with Gasteiger partial charge in [0.25, 0.3) is 15.3 Å². The summed E-state index contributed by atoms with van der Waals surface area (Å²) in [6.07, 6.45) is -1.55. The molecule has 13 heteroatoms. The van der Waals surface area contributed by atoms with Crippen LogP contribution in [0, 0.1) is 30.3 Å². The second-order valence-electron chi connectivity index (χ2n) is 1.99. The van der Waals surface area contributed by atoms with Gasteiger partial charge in [-0.25, -0.2) is 0 Å². The molecular formula is C3H6N3NaO9. The first-order chi connectivity index (χ1) is 6.91. The molecule has 0 heterocycles. The normalized spacial score (nSPS) is 8.81. The summed E-state index contributed by atoms with van der Waals surface area (Å²) in [6, 6.07) is 0. The molecule has 0 spiro atoms. The maximum atomic E-state index is 9.83. The Morgan fingerprint density at radius 2 is 1.25 bits per heavy atom. The van der Waals surface area contributed by atoms with E-state index in [1.165, 1.54) is 0 Å². The van der Waals surface area contributed by atoms with Crippen LogP contribution in [0.15, 0.2) is 0 Å². The summed E-state index contributed by atoms with van der Waals surface area (Å²) >= 11 is 0. The Hall–Kier alpha value is -1.40. The zero-order valence-corrected chi connectivity index (χ0v) is 7.01. The van der Waals surface area contributed by atoms with Gasteiger partial charge in [-0.2, -0.15) is 0 Å². The zero-order chi connectivity index (χ0) is 11.8. The van der Waals surface area contributed by atoms with Crippen LogP contribution >= 0.6 is 0 Å². The molecule has 0 saturated heterocycles. The molecule has 0 aliphatic heterocycles. The van der Waals surface area contributed by atoms with E-state index < -0.39 is 34.6 Å². The van der Waals surface area contributed by atoms with Gasteiger partial charge in [0.15, 0.2) is 6.10 Å². The van der Waals surface area contributed by atoms with E-state index in [0.717, 1.165) is 0 Å². The zero-order valence-electron chi connectivity index (χ0n) is 7.01. The molecule has 0 amide bonds. The van der Waals surface area contributed by atoms with Crippen molar-refractivity contribution in [2.24, 2.45) is 0 Å². The fourth-order valence-corrected chi connectivity index (χ4v) is 0.519. The van der Waals surface area contributed by atoms with Crippen molar-refractivity contribution in [2.45, 2.75) is 6.10 Å². The van der Waals surface area contributed by atoms with Gasteiger partial charge in [0, 0.05) is 0 Å². The molecule has 0 fully saturated rings. The van der Waals surface area contributed by atoms with Crippen LogP contribution in [0.4, 0.5) is 0 Å². The molecule has 0 aliphatic rings. The summed E-state index contributed by atoms with van der Waals surface area (Å²) in [6.45, 7) is -1.69. The Morgan fingerprint density at radius 1 is 0.875 bits per heavy atom. The molecule has 0 aliphatic carbocycles. The topological polar surface area (TPSA) is 157 Å². The van der Waals surface area contributed by atoms with Crippen LogP contribution in [0.2, 0.25) is 0 Å². The molecule has 12 nitrogen and oxygen atoms in total. The van der Waals surface area contributed by atoms with E-state index in [2.05, 4.69) is 14.5 Å². The van der Waals surface area contributed by atoms with E-state index >= 15 is 0 Å². The summed E-state index contributed by atoms with van der Waals surface area (Å²) in [7, 11) is 0. The first-order valence-corrected chi connectivity index (χ1v) is 3.27. The van der Waals surface area contributed by atoms with Crippen LogP contribution in [0.1, 0.15) is 0 Å². The molecule has 16 heavy (non-hydrogen) atoms. The van der Waals surface area contributed by atoms with Crippen molar-refractivity contribution in [3.63, 3.8) is 0 Å². The Balaban J connectivity index is 0. The molecule has 0 radical (unpaired) electrons. The second-order valence-corrected chi connectivity index (χ2v) is 1.99. The molecule has 88 valence electrons. The van der Waals surface area contributed by atoms with E-state index in [4.69, 9.17) is 0 Å². The van der Waals surface area contributed by atoms with Crippen LogP contribution < -0.4 is 0 Å². The van der Waals surface area contributed by atoms with E-state index in [1.54, 1.807) is 0 Å². The van der Waals surface area contributed by atoms with Crippen LogP contribution in [-0.2, 0) is 14.5 Å². The van der Waals surface area contributed by atoms with Gasteiger partial charge in [0.05, 0.1) is 0 Å². The summed E-state index contributed by atoms with van der Waals surface area (Å²) in [5.41, 5.74) is 0. The summed E-state index contributed by atoms with van der Waals surface area (Å²) in [5.74, 6) is 0. The molecule has 0 aromatic rings. The van der Waals surface area contributed by atoms with E-state index in [-0.39, 0.29) is 29.6 Å². The number of nitrogens with zero attached hydrogens (tertiary/aromatic N) is 3. The standard InChI is InChI=1S/C3H5N3O9.Na.H/c7-4(8)13-1-3(15-6(11)12)2-14-5(9)10;;/h3H,1-2H2;;. The van der Waals surface area contributed by atoms with Crippen molar-refractivity contribution < 1.29 is 29.8 Å². The van der Waals surface area contributed by atoms with Crippen LogP contribution in [0.3, 0.4) is 0 Å². The van der Waals surface area contributed by atoms with Crippen molar-refractivity contribution in [2.75, 3.05) is 13.2 Å². The fourth-order valence-electron chi connectivity index (χ4n) is 0.519. The predicted molar refractivity (Wildman–Crippen MR) is 44.9 cm³/mol. The second kappa shape index (κ2) is 8.87. The molecule has 0 saturated carbocycles. The van der Waals surface area contributed by atoms with Gasteiger partial charge in [-0.1, -0.05) is 0 Å². The molecule has 0 unspecified atom stereocenters. The molecule has 0 rings (SSSR count). The number of hydrogen-bond donors (Lipinski definition) is 0. The van der Waals surface area contributed by atoms with Gasteiger partial charge < -0.3 is 14.5 Å². The van der Waals surface area contributed by atoms with Gasteiger partial charge in [-0.05, 0) is 0 Å². The van der Waals surface area contributed by atoms with Gasteiger partial charge >= 0.3 is 29.6 Å².